The molecule has 2 heteroatoms. The van der Waals surface area contributed by atoms with Gasteiger partial charge in [0, 0.05) is 30.4 Å². The summed E-state index contributed by atoms with van der Waals surface area (Å²) in [5.74, 6) is 3.30. The molecule has 0 aliphatic carbocycles. The maximum absolute atomic E-state index is 2.52. The monoisotopic (exact) mass is 335 g/mol. The molecule has 4 rings (SSSR count). The van der Waals surface area contributed by atoms with Crippen molar-refractivity contribution in [2.75, 3.05) is 23.5 Å². The van der Waals surface area contributed by atoms with Gasteiger partial charge in [-0.25, -0.2) is 0 Å². The Hall–Kier alpha value is -1.67. The molecule has 2 unspecified atom stereocenters. The molecule has 2 aliphatic rings. The molecule has 1 nitrogen and oxygen atoms in total. The fourth-order valence-electron chi connectivity index (χ4n) is 4.20. The zero-order valence-corrected chi connectivity index (χ0v) is 15.4. The summed E-state index contributed by atoms with van der Waals surface area (Å²) in [6.45, 7) is 2.24. The van der Waals surface area contributed by atoms with E-state index >= 15 is 0 Å². The van der Waals surface area contributed by atoms with Gasteiger partial charge in [-0.05, 0) is 54.3 Å². The van der Waals surface area contributed by atoms with Crippen molar-refractivity contribution in [3.8, 4) is 0 Å². The summed E-state index contributed by atoms with van der Waals surface area (Å²) in [7, 11) is 2.27. The lowest BCUT2D eigenvalue weighted by atomic mass is 9.93. The number of allylic oxidation sites excluding steroid dienone is 1. The van der Waals surface area contributed by atoms with E-state index in [1.807, 2.05) is 0 Å². The minimum Gasteiger partial charge on any atom is -0.371 e. The van der Waals surface area contributed by atoms with Crippen molar-refractivity contribution in [2.45, 2.75) is 31.7 Å². The van der Waals surface area contributed by atoms with Crippen molar-refractivity contribution in [3.05, 3.63) is 70.8 Å². The van der Waals surface area contributed by atoms with Crippen LogP contribution in [-0.4, -0.2) is 24.6 Å². The van der Waals surface area contributed by atoms with Gasteiger partial charge in [0.15, 0.2) is 0 Å². The second kappa shape index (κ2) is 6.68. The van der Waals surface area contributed by atoms with Crippen LogP contribution in [0.1, 0.15) is 36.0 Å². The van der Waals surface area contributed by atoms with Gasteiger partial charge in [-0.2, -0.15) is 11.8 Å². The number of nitrogens with zero attached hydrogens (tertiary/aromatic N) is 1. The predicted molar refractivity (Wildman–Crippen MR) is 107 cm³/mol. The minimum atomic E-state index is 0.714. The summed E-state index contributed by atoms with van der Waals surface area (Å²) < 4.78 is 0. The first-order chi connectivity index (χ1) is 11.7. The third kappa shape index (κ3) is 3.00. The molecule has 1 saturated heterocycles. The average Bonchev–Trinajstić information content (AvgIpc) is 2.89. The van der Waals surface area contributed by atoms with E-state index in [0.29, 0.717) is 12.0 Å². The summed E-state index contributed by atoms with van der Waals surface area (Å²) >= 11 is 2.12. The molecule has 2 aliphatic heterocycles. The normalized spacial score (nSPS) is 23.1. The molecule has 0 aromatic heterocycles. The van der Waals surface area contributed by atoms with Crippen molar-refractivity contribution in [3.63, 3.8) is 0 Å². The molecule has 2 aromatic carbocycles. The van der Waals surface area contributed by atoms with Crippen molar-refractivity contribution >= 4 is 23.5 Å². The molecular formula is C22H25NS. The van der Waals surface area contributed by atoms with Crippen LogP contribution in [-0.2, 0) is 6.42 Å². The fourth-order valence-corrected chi connectivity index (χ4v) is 5.43. The Balaban J connectivity index is 1.59. The van der Waals surface area contributed by atoms with Gasteiger partial charge in [-0.3, -0.25) is 0 Å². The van der Waals surface area contributed by atoms with Gasteiger partial charge in [-0.1, -0.05) is 48.0 Å². The highest BCUT2D eigenvalue weighted by molar-refractivity contribution is 7.99. The number of benzene rings is 2. The van der Waals surface area contributed by atoms with E-state index in [-0.39, 0.29) is 0 Å². The Morgan fingerprint density at radius 3 is 2.88 bits per heavy atom. The van der Waals surface area contributed by atoms with Crippen molar-refractivity contribution in [1.82, 2.24) is 0 Å². The number of likely N-dealkylation sites (N-methyl/N-ethyl adjacent to an activating group) is 1. The first kappa shape index (κ1) is 15.8. The molecule has 0 N–H and O–H groups in total. The van der Waals surface area contributed by atoms with Crippen LogP contribution in [0.4, 0.5) is 5.69 Å². The van der Waals surface area contributed by atoms with E-state index in [1.165, 1.54) is 40.3 Å². The third-order valence-corrected chi connectivity index (χ3v) is 6.51. The van der Waals surface area contributed by atoms with E-state index in [2.05, 4.69) is 85.2 Å². The van der Waals surface area contributed by atoms with Gasteiger partial charge in [0.25, 0.3) is 0 Å². The Kier molecular flexibility index (Phi) is 4.41. The molecule has 1 fully saturated rings. The molecule has 0 bridgehead atoms. The summed E-state index contributed by atoms with van der Waals surface area (Å²) in [6, 6.07) is 18.5. The number of rotatable bonds is 3. The molecule has 0 spiro atoms. The predicted octanol–water partition coefficient (Wildman–Crippen LogP) is 5.37. The minimum absolute atomic E-state index is 0.714. The Morgan fingerprint density at radius 2 is 2.04 bits per heavy atom. The van der Waals surface area contributed by atoms with E-state index in [1.54, 1.807) is 5.56 Å². The average molecular weight is 336 g/mol. The first-order valence-electron chi connectivity index (χ1n) is 8.88. The number of fused-ring (bicyclic) bond motifs is 3. The summed E-state index contributed by atoms with van der Waals surface area (Å²) in [5.41, 5.74) is 7.17. The Morgan fingerprint density at radius 1 is 1.21 bits per heavy atom. The lowest BCUT2D eigenvalue weighted by molar-refractivity contribution is 0.558. The first-order valence-corrected chi connectivity index (χ1v) is 10.0. The van der Waals surface area contributed by atoms with Crippen molar-refractivity contribution < 1.29 is 0 Å². The zero-order chi connectivity index (χ0) is 16.5. The van der Waals surface area contributed by atoms with E-state index in [0.717, 1.165) is 6.42 Å². The quantitative estimate of drug-likeness (QED) is 0.741. The number of thioether (sulfide) groups is 1. The Bertz CT molecular complexity index is 750. The Labute approximate surface area is 149 Å². The molecule has 2 aromatic rings. The molecule has 2 atom stereocenters. The van der Waals surface area contributed by atoms with Gasteiger partial charge in [-0.15, -0.1) is 0 Å². The smallest absolute Gasteiger partial charge is 0.0403 e. The van der Waals surface area contributed by atoms with Crippen LogP contribution in [0.2, 0.25) is 0 Å². The third-order valence-electron chi connectivity index (χ3n) is 5.39. The molecule has 0 radical (unpaired) electrons. The molecular weight excluding hydrogens is 310 g/mol. The van der Waals surface area contributed by atoms with E-state index in [9.17, 15) is 0 Å². The van der Waals surface area contributed by atoms with Gasteiger partial charge in [0.1, 0.15) is 0 Å². The molecule has 0 saturated carbocycles. The van der Waals surface area contributed by atoms with E-state index < -0.39 is 0 Å². The van der Waals surface area contributed by atoms with Gasteiger partial charge in [0.05, 0.1) is 0 Å². The number of hydrogen-bond donors (Lipinski definition) is 0. The number of anilines is 1. The maximum atomic E-state index is 2.52. The van der Waals surface area contributed by atoms with Crippen LogP contribution in [0.5, 0.6) is 0 Å². The van der Waals surface area contributed by atoms with Gasteiger partial charge >= 0.3 is 0 Å². The highest BCUT2D eigenvalue weighted by Crippen LogP contribution is 2.46. The second-order valence-corrected chi connectivity index (χ2v) is 8.27. The second-order valence-electron chi connectivity index (χ2n) is 7.12. The van der Waals surface area contributed by atoms with Gasteiger partial charge in [0.2, 0.25) is 0 Å². The lowest BCUT2D eigenvalue weighted by Gasteiger charge is -2.30. The molecule has 2 heterocycles. The van der Waals surface area contributed by atoms with Crippen molar-refractivity contribution in [2.24, 2.45) is 0 Å². The van der Waals surface area contributed by atoms with Crippen LogP contribution in [0.15, 0.2) is 54.1 Å². The van der Waals surface area contributed by atoms with Crippen LogP contribution in [0, 0.1) is 0 Å². The van der Waals surface area contributed by atoms with E-state index in [4.69, 9.17) is 0 Å². The molecule has 0 amide bonds. The zero-order valence-electron chi connectivity index (χ0n) is 14.5. The van der Waals surface area contributed by atoms with Crippen molar-refractivity contribution in [1.29, 1.82) is 0 Å². The topological polar surface area (TPSA) is 3.24 Å². The summed E-state index contributed by atoms with van der Waals surface area (Å²) in [4.78, 5) is 2.52. The lowest BCUT2D eigenvalue weighted by Crippen LogP contribution is -2.34. The largest absolute Gasteiger partial charge is 0.371 e. The molecule has 124 valence electrons. The highest BCUT2D eigenvalue weighted by atomic mass is 32.2. The van der Waals surface area contributed by atoms with Gasteiger partial charge < -0.3 is 4.90 Å². The maximum Gasteiger partial charge on any atom is 0.0403 e. The SMILES string of the molecule is C/C(=C/c1ccc2c(c1)C1CSCCC1N2C)Cc1ccccc1. The molecule has 24 heavy (non-hydrogen) atoms. The fraction of sp³-hybridized carbons (Fsp3) is 0.364. The summed E-state index contributed by atoms with van der Waals surface area (Å²) in [6.07, 6.45) is 4.70. The highest BCUT2D eigenvalue weighted by Gasteiger charge is 2.38. The van der Waals surface area contributed by atoms with Crippen LogP contribution >= 0.6 is 11.8 Å². The standard InChI is InChI=1S/C22H25NS/c1-16(12-17-6-4-3-5-7-17)13-18-8-9-21-19(14-18)20-15-24-11-10-22(20)23(21)2/h3-9,13-14,20,22H,10-12,15H2,1-2H3/b16-13-. The summed E-state index contributed by atoms with van der Waals surface area (Å²) in [5, 5.41) is 0. The number of hydrogen-bond acceptors (Lipinski definition) is 2. The van der Waals surface area contributed by atoms with Crippen LogP contribution in [0.3, 0.4) is 0 Å². The van der Waals surface area contributed by atoms with Crippen LogP contribution < -0.4 is 4.90 Å². The van der Waals surface area contributed by atoms with Crippen LogP contribution in [0.25, 0.3) is 6.08 Å².